The predicted molar refractivity (Wildman–Crippen MR) is 149 cm³/mol. The van der Waals surface area contributed by atoms with E-state index in [1.165, 1.54) is 18.4 Å². The van der Waals surface area contributed by atoms with Crippen LogP contribution in [0.3, 0.4) is 0 Å². The average Bonchev–Trinajstić information content (AvgIpc) is 3.49. The van der Waals surface area contributed by atoms with Crippen molar-refractivity contribution in [1.29, 1.82) is 0 Å². The number of nitrogens with two attached hydrogens (primary N) is 1. The molecule has 0 saturated carbocycles. The number of aliphatic hydroxyl groups is 4. The predicted octanol–water partition coefficient (Wildman–Crippen LogP) is 0.630. The van der Waals surface area contributed by atoms with Gasteiger partial charge in [0.1, 0.15) is 45.1 Å². The molecule has 4 rings (SSSR count). The number of hydrogen-bond donors (Lipinski definition) is 6. The Morgan fingerprint density at radius 2 is 1.88 bits per heavy atom. The number of aryl methyl sites for hydroxylation is 3. The molecule has 0 bridgehead atoms. The summed E-state index contributed by atoms with van der Waals surface area (Å²) >= 11 is 7.07. The van der Waals surface area contributed by atoms with Crippen LogP contribution in [0.5, 0.6) is 0 Å². The number of benzene rings is 1. The molecule has 2 unspecified atom stereocenters. The SMILES string of the molecule is Cc1cc(C)c(C2(C(N)=O)SC=CC2S(=O)(=O)Nc2onc(C)c2Cl)c(C)c1CO[C@H]1O[C@H](CO)[C@@H](O)[C@H](O)[C@@H]1O. The zero-order valence-corrected chi connectivity index (χ0v) is 25.0. The fourth-order valence-electron chi connectivity index (χ4n) is 5.27. The summed E-state index contributed by atoms with van der Waals surface area (Å²) < 4.78 is 44.0. The van der Waals surface area contributed by atoms with Crippen LogP contribution in [0.1, 0.15) is 33.5 Å². The number of ether oxygens (including phenoxy) is 2. The third-order valence-electron chi connectivity index (χ3n) is 7.38. The van der Waals surface area contributed by atoms with Gasteiger partial charge in [0.15, 0.2) is 6.29 Å². The van der Waals surface area contributed by atoms with Gasteiger partial charge in [0.05, 0.1) is 13.2 Å². The highest BCUT2D eigenvalue weighted by atomic mass is 35.5. The first kappa shape index (κ1) is 31.7. The minimum atomic E-state index is -4.37. The first-order valence-electron chi connectivity index (χ1n) is 12.5. The minimum Gasteiger partial charge on any atom is -0.394 e. The number of hydrogen-bond acceptors (Lipinski definition) is 12. The van der Waals surface area contributed by atoms with Crippen molar-refractivity contribution in [3.05, 3.63) is 56.1 Å². The largest absolute Gasteiger partial charge is 0.394 e. The Bertz CT molecular complexity index is 1460. The van der Waals surface area contributed by atoms with Crippen molar-refractivity contribution >= 4 is 45.2 Å². The third-order valence-corrected chi connectivity index (χ3v) is 10.9. The number of nitrogens with one attached hydrogen (secondary N) is 1. The number of aromatic nitrogens is 1. The van der Waals surface area contributed by atoms with Crippen molar-refractivity contribution in [3.63, 3.8) is 0 Å². The van der Waals surface area contributed by atoms with Gasteiger partial charge >= 0.3 is 0 Å². The maximum Gasteiger partial charge on any atom is 0.257 e. The van der Waals surface area contributed by atoms with Crippen LogP contribution in [-0.2, 0) is 35.6 Å². The van der Waals surface area contributed by atoms with E-state index in [0.717, 1.165) is 17.3 Å². The number of carbonyl (C=O) groups is 1. The van der Waals surface area contributed by atoms with Gasteiger partial charge < -0.3 is 40.2 Å². The van der Waals surface area contributed by atoms with Crippen molar-refractivity contribution in [1.82, 2.24) is 5.16 Å². The lowest BCUT2D eigenvalue weighted by Crippen LogP contribution is -2.59. The number of carbonyl (C=O) groups excluding carboxylic acids is 1. The zero-order chi connectivity index (χ0) is 30.4. The number of rotatable bonds is 9. The third kappa shape index (κ3) is 5.50. The molecule has 2 aliphatic rings. The van der Waals surface area contributed by atoms with Crippen LogP contribution in [0.25, 0.3) is 0 Å². The van der Waals surface area contributed by atoms with E-state index >= 15 is 0 Å². The Labute approximate surface area is 245 Å². The zero-order valence-electron chi connectivity index (χ0n) is 22.6. The van der Waals surface area contributed by atoms with Gasteiger partial charge in [0.2, 0.25) is 15.9 Å². The highest BCUT2D eigenvalue weighted by Gasteiger charge is 2.56. The number of primary amides is 1. The van der Waals surface area contributed by atoms with E-state index in [1.807, 2.05) is 0 Å². The number of anilines is 1. The van der Waals surface area contributed by atoms with E-state index in [2.05, 4.69) is 9.88 Å². The second-order valence-corrected chi connectivity index (χ2v) is 13.4. The van der Waals surface area contributed by atoms with Crippen molar-refractivity contribution in [3.8, 4) is 0 Å². The molecule has 1 aromatic carbocycles. The van der Waals surface area contributed by atoms with Gasteiger partial charge in [-0.3, -0.25) is 4.79 Å². The smallest absolute Gasteiger partial charge is 0.257 e. The quantitative estimate of drug-likeness (QED) is 0.224. The molecule has 3 heterocycles. The molecule has 7 atom stereocenters. The Kier molecular flexibility index (Phi) is 9.14. The highest BCUT2D eigenvalue weighted by Crippen LogP contribution is 2.51. The van der Waals surface area contributed by atoms with Crippen molar-refractivity contribution in [2.45, 2.75) is 75.0 Å². The van der Waals surface area contributed by atoms with Gasteiger partial charge in [-0.05, 0) is 60.9 Å². The Morgan fingerprint density at radius 1 is 1.20 bits per heavy atom. The van der Waals surface area contributed by atoms with Gasteiger partial charge in [-0.15, -0.1) is 11.8 Å². The molecular formula is C25H32ClN3O10S2. The molecule has 0 spiro atoms. The number of nitrogens with zero attached hydrogens (tertiary/aromatic N) is 1. The second kappa shape index (κ2) is 11.8. The minimum absolute atomic E-state index is 0.0248. The molecule has 2 aliphatic heterocycles. The van der Waals surface area contributed by atoms with E-state index in [9.17, 15) is 33.6 Å². The summed E-state index contributed by atoms with van der Waals surface area (Å²) in [6, 6.07) is 1.76. The second-order valence-electron chi connectivity index (χ2n) is 10.0. The standard InChI is InChI=1S/C25H32ClN3O10S2/c1-10-7-11(2)17(12(3)14(10)9-37-23-21(33)20(32)19(31)15(8-30)38-23)25(24(27)34)16(5-6-40-25)41(35,36)29-22-18(26)13(4)28-39-22/h5-7,15-16,19-21,23,29-33H,8-9H2,1-4H3,(H2,27,34)/t15-,16?,19-,20+,21+,23+,25?/m1/s1. The summed E-state index contributed by atoms with van der Waals surface area (Å²) in [7, 11) is -4.37. The van der Waals surface area contributed by atoms with E-state index in [0.29, 0.717) is 22.3 Å². The molecule has 0 radical (unpaired) electrons. The number of halogens is 1. The van der Waals surface area contributed by atoms with Crippen molar-refractivity contribution < 1.29 is 47.6 Å². The highest BCUT2D eigenvalue weighted by molar-refractivity contribution is 8.05. The van der Waals surface area contributed by atoms with Crippen molar-refractivity contribution in [2.75, 3.05) is 11.3 Å². The summed E-state index contributed by atoms with van der Waals surface area (Å²) in [5, 5.41) is 43.6. The van der Waals surface area contributed by atoms with E-state index in [1.54, 1.807) is 26.8 Å². The van der Waals surface area contributed by atoms with Gasteiger partial charge in [0.25, 0.3) is 5.88 Å². The number of aliphatic hydroxyl groups excluding tert-OH is 4. The lowest BCUT2D eigenvalue weighted by molar-refractivity contribution is -0.304. The van der Waals surface area contributed by atoms with Gasteiger partial charge in [-0.25, -0.2) is 13.1 Å². The van der Waals surface area contributed by atoms with Gasteiger partial charge in [-0.1, -0.05) is 28.9 Å². The number of amides is 1. The average molecular weight is 634 g/mol. The van der Waals surface area contributed by atoms with Crippen LogP contribution < -0.4 is 10.5 Å². The maximum absolute atomic E-state index is 13.7. The Balaban J connectivity index is 1.73. The van der Waals surface area contributed by atoms with E-state index in [-0.39, 0.29) is 23.2 Å². The lowest BCUT2D eigenvalue weighted by Gasteiger charge is -2.40. The molecule has 226 valence electrons. The molecule has 1 aromatic heterocycles. The topological polar surface area (TPSA) is 215 Å². The Hall–Kier alpha value is -2.21. The van der Waals surface area contributed by atoms with E-state index in [4.69, 9.17) is 31.3 Å². The molecule has 1 amide bonds. The van der Waals surface area contributed by atoms with Gasteiger partial charge in [-0.2, -0.15) is 0 Å². The van der Waals surface area contributed by atoms with Gasteiger partial charge in [0, 0.05) is 0 Å². The van der Waals surface area contributed by atoms with Crippen LogP contribution >= 0.6 is 23.4 Å². The molecule has 13 nitrogen and oxygen atoms in total. The summed E-state index contributed by atoms with van der Waals surface area (Å²) in [5.41, 5.74) is 8.97. The van der Waals surface area contributed by atoms with Crippen LogP contribution in [0.4, 0.5) is 5.88 Å². The fourth-order valence-corrected chi connectivity index (χ4v) is 8.78. The normalized spacial score (nSPS) is 30.1. The van der Waals surface area contributed by atoms with Crippen LogP contribution in [-0.4, -0.2) is 82.5 Å². The maximum atomic E-state index is 13.7. The molecule has 1 fully saturated rings. The molecule has 7 N–H and O–H groups in total. The summed E-state index contributed by atoms with van der Waals surface area (Å²) in [4.78, 5) is 13.2. The molecular weight excluding hydrogens is 602 g/mol. The summed E-state index contributed by atoms with van der Waals surface area (Å²) in [6.07, 6.45) is -5.98. The van der Waals surface area contributed by atoms with Crippen molar-refractivity contribution in [2.24, 2.45) is 5.73 Å². The van der Waals surface area contributed by atoms with Crippen LogP contribution in [0.2, 0.25) is 5.02 Å². The number of sulfonamides is 1. The molecule has 1 saturated heterocycles. The molecule has 41 heavy (non-hydrogen) atoms. The molecule has 0 aliphatic carbocycles. The number of thioether (sulfide) groups is 1. The summed E-state index contributed by atoms with van der Waals surface area (Å²) in [5.74, 6) is -1.20. The van der Waals surface area contributed by atoms with E-state index < -0.39 is 63.2 Å². The van der Waals surface area contributed by atoms with Crippen LogP contribution in [0, 0.1) is 27.7 Å². The monoisotopic (exact) mass is 633 g/mol. The molecule has 16 heteroatoms. The lowest BCUT2D eigenvalue weighted by atomic mass is 9.83. The van der Waals surface area contributed by atoms with Crippen LogP contribution in [0.15, 0.2) is 22.1 Å². The Morgan fingerprint density at radius 3 is 2.46 bits per heavy atom. The summed E-state index contributed by atoms with van der Waals surface area (Å²) in [6.45, 7) is 5.94. The first-order valence-corrected chi connectivity index (χ1v) is 15.3. The fraction of sp³-hybridized carbons (Fsp3) is 0.520. The molecule has 2 aromatic rings. The first-order chi connectivity index (χ1) is 19.2.